The minimum Gasteiger partial charge on any atom is -0.503 e. The third-order valence-corrected chi connectivity index (χ3v) is 4.26. The van der Waals surface area contributed by atoms with Crippen molar-refractivity contribution in [1.82, 2.24) is 9.80 Å². The lowest BCUT2D eigenvalue weighted by Crippen LogP contribution is -2.34. The number of furan rings is 1. The van der Waals surface area contributed by atoms with E-state index in [0.717, 1.165) is 13.0 Å². The number of hydrogen-bond acceptors (Lipinski definition) is 5. The van der Waals surface area contributed by atoms with Gasteiger partial charge in [0.15, 0.2) is 11.5 Å². The Morgan fingerprint density at radius 2 is 1.96 bits per heavy atom. The number of ketones is 1. The number of carbonyl (C=O) groups excluding carboxylic acids is 2. The summed E-state index contributed by atoms with van der Waals surface area (Å²) in [5.74, 6) is -0.00116. The number of amides is 1. The predicted octanol–water partition coefficient (Wildman–Crippen LogP) is 2.85. The molecule has 2 rings (SSSR count). The van der Waals surface area contributed by atoms with Crippen LogP contribution in [0.2, 0.25) is 0 Å². The summed E-state index contributed by atoms with van der Waals surface area (Å²) >= 11 is 0. The Bertz CT molecular complexity index is 695. The molecule has 1 aliphatic rings. The lowest BCUT2D eigenvalue weighted by Gasteiger charge is -2.27. The van der Waals surface area contributed by atoms with Crippen LogP contribution in [0.15, 0.2) is 27.9 Å². The molecular weight excluding hydrogens is 320 g/mol. The Hall–Kier alpha value is -2.08. The second-order valence-corrected chi connectivity index (χ2v) is 7.85. The molecular formula is C19H28N2O4. The number of aliphatic hydroxyl groups excluding tert-OH is 1. The summed E-state index contributed by atoms with van der Waals surface area (Å²) in [6.45, 7) is 8.38. The van der Waals surface area contributed by atoms with E-state index in [-0.39, 0.29) is 11.4 Å². The van der Waals surface area contributed by atoms with Crippen LogP contribution in [-0.4, -0.2) is 53.8 Å². The third kappa shape index (κ3) is 3.95. The lowest BCUT2D eigenvalue weighted by molar-refractivity contribution is -0.129. The van der Waals surface area contributed by atoms with Crippen molar-refractivity contribution in [2.24, 2.45) is 5.41 Å². The molecule has 0 saturated carbocycles. The van der Waals surface area contributed by atoms with Gasteiger partial charge in [0.05, 0.1) is 5.57 Å². The highest BCUT2D eigenvalue weighted by molar-refractivity contribution is 6.10. The van der Waals surface area contributed by atoms with E-state index in [0.29, 0.717) is 18.1 Å². The van der Waals surface area contributed by atoms with Crippen LogP contribution in [0.25, 0.3) is 0 Å². The fourth-order valence-corrected chi connectivity index (χ4v) is 2.97. The van der Waals surface area contributed by atoms with Crippen LogP contribution in [0.3, 0.4) is 0 Å². The molecule has 0 saturated heterocycles. The topological polar surface area (TPSA) is 74.0 Å². The zero-order chi connectivity index (χ0) is 18.9. The zero-order valence-electron chi connectivity index (χ0n) is 15.9. The van der Waals surface area contributed by atoms with Crippen molar-refractivity contribution < 1.29 is 19.1 Å². The average molecular weight is 348 g/mol. The number of aliphatic hydroxyl groups is 1. The van der Waals surface area contributed by atoms with Gasteiger partial charge in [-0.3, -0.25) is 9.59 Å². The van der Waals surface area contributed by atoms with Gasteiger partial charge in [0.2, 0.25) is 0 Å². The van der Waals surface area contributed by atoms with Gasteiger partial charge in [-0.2, -0.15) is 0 Å². The van der Waals surface area contributed by atoms with Crippen LogP contribution in [-0.2, 0) is 9.59 Å². The standard InChI is InChI=1S/C19H28N2O4/c1-12-8-9-13(25-12)15-14(17(23)19(2,3)4)16(22)18(24)21(15)11-7-10-20(5)6/h8-9,15,22H,7,10-11H2,1-6H3. The molecule has 0 radical (unpaired) electrons. The number of carbonyl (C=O) groups is 2. The normalized spacial score (nSPS) is 18.6. The Morgan fingerprint density at radius 1 is 1.32 bits per heavy atom. The van der Waals surface area contributed by atoms with Gasteiger partial charge in [-0.15, -0.1) is 0 Å². The summed E-state index contributed by atoms with van der Waals surface area (Å²) in [5.41, 5.74) is -0.569. The minimum absolute atomic E-state index is 0.136. The monoisotopic (exact) mass is 348 g/mol. The number of hydrogen-bond donors (Lipinski definition) is 1. The van der Waals surface area contributed by atoms with E-state index in [9.17, 15) is 14.7 Å². The van der Waals surface area contributed by atoms with Crippen molar-refractivity contribution in [3.63, 3.8) is 0 Å². The SMILES string of the molecule is Cc1ccc(C2C(C(=O)C(C)(C)C)=C(O)C(=O)N2CCCN(C)C)o1. The van der Waals surface area contributed by atoms with Crippen molar-refractivity contribution >= 4 is 11.7 Å². The molecule has 6 nitrogen and oxygen atoms in total. The highest BCUT2D eigenvalue weighted by Crippen LogP contribution is 2.41. The van der Waals surface area contributed by atoms with Crippen LogP contribution in [0.4, 0.5) is 0 Å². The van der Waals surface area contributed by atoms with E-state index >= 15 is 0 Å². The Kier molecular flexibility index (Phi) is 5.42. The first kappa shape index (κ1) is 19.2. The molecule has 1 aromatic heterocycles. The van der Waals surface area contributed by atoms with Crippen molar-refractivity contribution in [2.45, 2.75) is 40.2 Å². The van der Waals surface area contributed by atoms with Crippen LogP contribution < -0.4 is 0 Å². The predicted molar refractivity (Wildman–Crippen MR) is 95.2 cm³/mol. The fourth-order valence-electron chi connectivity index (χ4n) is 2.97. The maximum Gasteiger partial charge on any atom is 0.290 e. The molecule has 1 aromatic rings. The smallest absolute Gasteiger partial charge is 0.290 e. The van der Waals surface area contributed by atoms with Crippen LogP contribution in [0.1, 0.15) is 44.8 Å². The summed E-state index contributed by atoms with van der Waals surface area (Å²) in [4.78, 5) is 29.1. The maximum atomic E-state index is 12.9. The van der Waals surface area contributed by atoms with Gasteiger partial charge in [-0.25, -0.2) is 0 Å². The summed E-state index contributed by atoms with van der Waals surface area (Å²) in [6, 6.07) is 2.89. The summed E-state index contributed by atoms with van der Waals surface area (Å²) in [5, 5.41) is 10.4. The molecule has 1 N–H and O–H groups in total. The molecule has 0 aliphatic carbocycles. The first-order valence-corrected chi connectivity index (χ1v) is 8.54. The Balaban J connectivity index is 2.42. The highest BCUT2D eigenvalue weighted by Gasteiger charge is 2.47. The maximum absolute atomic E-state index is 12.9. The molecule has 1 unspecified atom stereocenters. The second-order valence-electron chi connectivity index (χ2n) is 7.85. The lowest BCUT2D eigenvalue weighted by atomic mass is 9.83. The van der Waals surface area contributed by atoms with E-state index in [1.807, 2.05) is 25.9 Å². The molecule has 1 atom stereocenters. The number of Topliss-reactive ketones (excluding diaryl/α,β-unsaturated/α-hetero) is 1. The number of aryl methyl sites for hydroxylation is 1. The first-order valence-electron chi connectivity index (χ1n) is 8.54. The van der Waals surface area contributed by atoms with E-state index < -0.39 is 23.1 Å². The summed E-state index contributed by atoms with van der Waals surface area (Å²) in [6.07, 6.45) is 0.735. The molecule has 0 fully saturated rings. The molecule has 25 heavy (non-hydrogen) atoms. The largest absolute Gasteiger partial charge is 0.503 e. The fraction of sp³-hybridized carbons (Fsp3) is 0.579. The highest BCUT2D eigenvalue weighted by atomic mass is 16.3. The quantitative estimate of drug-likeness (QED) is 0.856. The molecule has 6 heteroatoms. The zero-order valence-corrected chi connectivity index (χ0v) is 15.9. The van der Waals surface area contributed by atoms with Gasteiger partial charge in [0.25, 0.3) is 5.91 Å². The number of rotatable bonds is 6. The van der Waals surface area contributed by atoms with Gasteiger partial charge in [-0.05, 0) is 46.1 Å². The Morgan fingerprint density at radius 3 is 2.44 bits per heavy atom. The Labute approximate surface area is 149 Å². The molecule has 1 amide bonds. The van der Waals surface area contributed by atoms with Crippen LogP contribution in [0.5, 0.6) is 0 Å². The van der Waals surface area contributed by atoms with Crippen LogP contribution >= 0.6 is 0 Å². The van der Waals surface area contributed by atoms with Crippen LogP contribution in [0, 0.1) is 12.3 Å². The average Bonchev–Trinajstić information content (AvgIpc) is 3.01. The van der Waals surface area contributed by atoms with Gasteiger partial charge in [0, 0.05) is 12.0 Å². The van der Waals surface area contributed by atoms with E-state index in [4.69, 9.17) is 4.42 Å². The third-order valence-electron chi connectivity index (χ3n) is 4.26. The van der Waals surface area contributed by atoms with Gasteiger partial charge in [0.1, 0.15) is 17.6 Å². The molecule has 138 valence electrons. The van der Waals surface area contributed by atoms with Crippen molar-refractivity contribution in [2.75, 3.05) is 27.2 Å². The first-order chi connectivity index (χ1) is 11.5. The minimum atomic E-state index is -0.705. The van der Waals surface area contributed by atoms with Crippen molar-refractivity contribution in [1.29, 1.82) is 0 Å². The van der Waals surface area contributed by atoms with Crippen molar-refractivity contribution in [3.8, 4) is 0 Å². The molecule has 0 spiro atoms. The van der Waals surface area contributed by atoms with E-state index in [1.165, 1.54) is 4.90 Å². The molecule has 0 aromatic carbocycles. The number of nitrogens with zero attached hydrogens (tertiary/aromatic N) is 2. The van der Waals surface area contributed by atoms with Gasteiger partial charge < -0.3 is 19.3 Å². The molecule has 2 heterocycles. The van der Waals surface area contributed by atoms with E-state index in [2.05, 4.69) is 0 Å². The summed E-state index contributed by atoms with van der Waals surface area (Å²) < 4.78 is 5.71. The molecule has 1 aliphatic heterocycles. The van der Waals surface area contributed by atoms with Gasteiger partial charge >= 0.3 is 0 Å². The van der Waals surface area contributed by atoms with Crippen molar-refractivity contribution in [3.05, 3.63) is 35.0 Å². The van der Waals surface area contributed by atoms with E-state index in [1.54, 1.807) is 32.9 Å². The van der Waals surface area contributed by atoms with Gasteiger partial charge in [-0.1, -0.05) is 20.8 Å². The second kappa shape index (κ2) is 7.04. The summed E-state index contributed by atoms with van der Waals surface area (Å²) in [7, 11) is 3.92. The molecule has 0 bridgehead atoms.